The summed E-state index contributed by atoms with van der Waals surface area (Å²) in [5.41, 5.74) is 3.45. The molecule has 1 N–H and O–H groups in total. The molecule has 2 atom stereocenters. The summed E-state index contributed by atoms with van der Waals surface area (Å²) in [6.45, 7) is 6.19. The molecule has 0 bridgehead atoms. The third-order valence-electron chi connectivity index (χ3n) is 3.74. The summed E-state index contributed by atoms with van der Waals surface area (Å²) in [7, 11) is 0. The summed E-state index contributed by atoms with van der Waals surface area (Å²) in [6, 6.07) is 4.76. The molecule has 0 radical (unpaired) electrons. The molecule has 2 rings (SSSR count). The van der Waals surface area contributed by atoms with Gasteiger partial charge in [0.2, 0.25) is 0 Å². The zero-order chi connectivity index (χ0) is 13.1. The fourth-order valence-corrected chi connectivity index (χ4v) is 2.87. The lowest BCUT2D eigenvalue weighted by Crippen LogP contribution is -2.26. The molecule has 0 aromatic carbocycles. The Morgan fingerprint density at radius 3 is 2.83 bits per heavy atom. The Hall–Kier alpha value is -1.56. The highest BCUT2D eigenvalue weighted by atomic mass is 14.9. The molecule has 1 aliphatic carbocycles. The fourth-order valence-electron chi connectivity index (χ4n) is 2.87. The fraction of sp³-hybridized carbons (Fsp3) is 0.600. The minimum absolute atomic E-state index is 0.502. The molecule has 3 nitrogen and oxygen atoms in total. The molecule has 0 spiro atoms. The van der Waals surface area contributed by atoms with Crippen LogP contribution in [0.2, 0.25) is 0 Å². The van der Waals surface area contributed by atoms with E-state index in [-0.39, 0.29) is 0 Å². The van der Waals surface area contributed by atoms with Crippen LogP contribution in [-0.4, -0.2) is 11.0 Å². The second-order valence-electron chi connectivity index (χ2n) is 5.50. The van der Waals surface area contributed by atoms with Crippen molar-refractivity contribution in [2.45, 2.75) is 52.5 Å². The van der Waals surface area contributed by atoms with Gasteiger partial charge in [-0.25, -0.2) is 0 Å². The van der Waals surface area contributed by atoms with Gasteiger partial charge in [-0.15, -0.1) is 0 Å². The topological polar surface area (TPSA) is 48.7 Å². The molecule has 0 amide bonds. The van der Waals surface area contributed by atoms with E-state index in [0.717, 1.165) is 23.0 Å². The quantitative estimate of drug-likeness (QED) is 0.864. The molecule has 1 aliphatic rings. The number of rotatable bonds is 2. The van der Waals surface area contributed by atoms with Crippen molar-refractivity contribution in [2.24, 2.45) is 5.92 Å². The van der Waals surface area contributed by atoms with E-state index in [4.69, 9.17) is 0 Å². The number of nitriles is 1. The normalized spacial score (nSPS) is 23.4. The van der Waals surface area contributed by atoms with Gasteiger partial charge in [0.15, 0.2) is 0 Å². The van der Waals surface area contributed by atoms with E-state index in [1.54, 1.807) is 0 Å². The van der Waals surface area contributed by atoms with Gasteiger partial charge < -0.3 is 5.32 Å². The van der Waals surface area contributed by atoms with Crippen molar-refractivity contribution in [1.29, 1.82) is 5.26 Å². The molecule has 1 aromatic rings. The Kier molecular flexibility index (Phi) is 3.86. The molecule has 1 fully saturated rings. The molecule has 1 aromatic heterocycles. The van der Waals surface area contributed by atoms with Crippen LogP contribution in [0.4, 0.5) is 5.69 Å². The Morgan fingerprint density at radius 2 is 2.17 bits per heavy atom. The first-order chi connectivity index (χ1) is 8.60. The van der Waals surface area contributed by atoms with Gasteiger partial charge in [-0.2, -0.15) is 5.26 Å². The van der Waals surface area contributed by atoms with E-state index in [9.17, 15) is 5.26 Å². The van der Waals surface area contributed by atoms with Gasteiger partial charge in [-0.05, 0) is 38.7 Å². The molecule has 0 aliphatic heterocycles. The first-order valence-electron chi connectivity index (χ1n) is 6.75. The average molecular weight is 243 g/mol. The van der Waals surface area contributed by atoms with Gasteiger partial charge in [0.25, 0.3) is 0 Å². The lowest BCUT2D eigenvalue weighted by atomic mass is 9.87. The molecule has 3 heteroatoms. The van der Waals surface area contributed by atoms with Gasteiger partial charge in [-0.1, -0.05) is 19.8 Å². The molecule has 2 unspecified atom stereocenters. The minimum Gasteiger partial charge on any atom is -0.381 e. The summed E-state index contributed by atoms with van der Waals surface area (Å²) in [4.78, 5) is 4.35. The molecule has 1 heterocycles. The van der Waals surface area contributed by atoms with Crippen LogP contribution < -0.4 is 5.32 Å². The Labute approximate surface area is 109 Å². The Balaban J connectivity index is 2.20. The number of hydrogen-bond donors (Lipinski definition) is 1. The third kappa shape index (κ3) is 2.81. The minimum atomic E-state index is 0.502. The van der Waals surface area contributed by atoms with Gasteiger partial charge in [0.05, 0.1) is 16.9 Å². The summed E-state index contributed by atoms with van der Waals surface area (Å²) >= 11 is 0. The van der Waals surface area contributed by atoms with E-state index in [2.05, 4.69) is 23.3 Å². The van der Waals surface area contributed by atoms with E-state index in [0.29, 0.717) is 11.6 Å². The maximum atomic E-state index is 9.24. The third-order valence-corrected chi connectivity index (χ3v) is 3.74. The molecular weight excluding hydrogens is 222 g/mol. The van der Waals surface area contributed by atoms with Gasteiger partial charge >= 0.3 is 0 Å². The van der Waals surface area contributed by atoms with Crippen molar-refractivity contribution < 1.29 is 0 Å². The summed E-state index contributed by atoms with van der Waals surface area (Å²) < 4.78 is 0. The van der Waals surface area contributed by atoms with E-state index in [1.807, 2.05) is 19.9 Å². The van der Waals surface area contributed by atoms with Crippen LogP contribution in [0.5, 0.6) is 0 Å². The zero-order valence-corrected chi connectivity index (χ0v) is 11.5. The largest absolute Gasteiger partial charge is 0.381 e. The summed E-state index contributed by atoms with van der Waals surface area (Å²) in [6.07, 6.45) is 5.02. The molecular formula is C15H21N3. The molecule has 0 saturated heterocycles. The maximum Gasteiger partial charge on any atom is 0.103 e. The molecule has 18 heavy (non-hydrogen) atoms. The number of aryl methyl sites for hydroxylation is 2. The predicted molar refractivity (Wildman–Crippen MR) is 73.5 cm³/mol. The maximum absolute atomic E-state index is 9.24. The monoisotopic (exact) mass is 243 g/mol. The van der Waals surface area contributed by atoms with Gasteiger partial charge in [0, 0.05) is 11.7 Å². The van der Waals surface area contributed by atoms with Crippen molar-refractivity contribution in [3.63, 3.8) is 0 Å². The van der Waals surface area contributed by atoms with Crippen LogP contribution in [0.25, 0.3) is 0 Å². The van der Waals surface area contributed by atoms with Crippen LogP contribution in [0, 0.1) is 31.1 Å². The van der Waals surface area contributed by atoms with Crippen LogP contribution in [0.1, 0.15) is 49.6 Å². The number of nitrogens with zero attached hydrogens (tertiary/aromatic N) is 2. The summed E-state index contributed by atoms with van der Waals surface area (Å²) in [5.74, 6) is 0.783. The van der Waals surface area contributed by atoms with Gasteiger partial charge in [0.1, 0.15) is 6.07 Å². The first-order valence-corrected chi connectivity index (χ1v) is 6.75. The van der Waals surface area contributed by atoms with Crippen LogP contribution >= 0.6 is 0 Å². The standard InChI is InChI=1S/C15H21N3/c1-10-5-4-6-13(7-10)18-15-8-11(2)17-12(3)14(15)9-16/h8,10,13H,4-7H2,1-3H3,(H,17,18). The van der Waals surface area contributed by atoms with Crippen molar-refractivity contribution >= 4 is 5.69 Å². The number of pyridine rings is 1. The van der Waals surface area contributed by atoms with Crippen molar-refractivity contribution in [1.82, 2.24) is 4.98 Å². The predicted octanol–water partition coefficient (Wildman–Crippen LogP) is 3.56. The van der Waals surface area contributed by atoms with E-state index < -0.39 is 0 Å². The highest BCUT2D eigenvalue weighted by Crippen LogP contribution is 2.28. The van der Waals surface area contributed by atoms with E-state index in [1.165, 1.54) is 25.7 Å². The number of aromatic nitrogens is 1. The van der Waals surface area contributed by atoms with Crippen molar-refractivity contribution in [3.8, 4) is 6.07 Å². The SMILES string of the molecule is Cc1cc(NC2CCCC(C)C2)c(C#N)c(C)n1. The van der Waals surface area contributed by atoms with Crippen molar-refractivity contribution in [3.05, 3.63) is 23.0 Å². The number of nitrogens with one attached hydrogen (secondary N) is 1. The van der Waals surface area contributed by atoms with Crippen molar-refractivity contribution in [2.75, 3.05) is 5.32 Å². The molecule has 96 valence electrons. The van der Waals surface area contributed by atoms with Gasteiger partial charge in [-0.3, -0.25) is 4.98 Å². The summed E-state index contributed by atoms with van der Waals surface area (Å²) in [5, 5.41) is 12.8. The second-order valence-corrected chi connectivity index (χ2v) is 5.50. The van der Waals surface area contributed by atoms with Crippen LogP contribution in [0.15, 0.2) is 6.07 Å². The Morgan fingerprint density at radius 1 is 1.39 bits per heavy atom. The number of anilines is 1. The zero-order valence-electron chi connectivity index (χ0n) is 11.5. The van der Waals surface area contributed by atoms with Crippen LogP contribution in [-0.2, 0) is 0 Å². The smallest absolute Gasteiger partial charge is 0.103 e. The average Bonchev–Trinajstić information content (AvgIpc) is 2.28. The lowest BCUT2D eigenvalue weighted by molar-refractivity contribution is 0.358. The molecule has 1 saturated carbocycles. The second kappa shape index (κ2) is 5.39. The van der Waals surface area contributed by atoms with Crippen LogP contribution in [0.3, 0.4) is 0 Å². The highest BCUT2D eigenvalue weighted by molar-refractivity contribution is 5.60. The Bertz CT molecular complexity index is 473. The highest BCUT2D eigenvalue weighted by Gasteiger charge is 2.20. The lowest BCUT2D eigenvalue weighted by Gasteiger charge is -2.28. The van der Waals surface area contributed by atoms with E-state index >= 15 is 0 Å². The number of hydrogen-bond acceptors (Lipinski definition) is 3. The first kappa shape index (κ1) is 12.9.